The Morgan fingerprint density at radius 1 is 1.54 bits per heavy atom. The highest BCUT2D eigenvalue weighted by Gasteiger charge is 2.34. The summed E-state index contributed by atoms with van der Waals surface area (Å²) in [5.41, 5.74) is 0.0473. The lowest BCUT2D eigenvalue weighted by atomic mass is 9.70. The van der Waals surface area contributed by atoms with E-state index >= 15 is 0 Å². The molecule has 1 rings (SSSR count). The van der Waals surface area contributed by atoms with E-state index in [0.717, 1.165) is 6.42 Å². The quantitative estimate of drug-likeness (QED) is 0.665. The lowest BCUT2D eigenvalue weighted by Crippen LogP contribution is -2.36. The second-order valence-corrected chi connectivity index (χ2v) is 4.71. The molecule has 1 nitrogen and oxygen atoms in total. The van der Waals surface area contributed by atoms with E-state index in [9.17, 15) is 5.11 Å². The molecule has 0 saturated carbocycles. The molecule has 0 aromatic rings. The third-order valence-corrected chi connectivity index (χ3v) is 3.46. The fourth-order valence-corrected chi connectivity index (χ4v) is 2.21. The zero-order chi connectivity index (χ0) is 9.90. The van der Waals surface area contributed by atoms with Crippen LogP contribution >= 0.6 is 0 Å². The van der Waals surface area contributed by atoms with Crippen molar-refractivity contribution in [2.45, 2.75) is 52.6 Å². The van der Waals surface area contributed by atoms with Gasteiger partial charge in [-0.15, -0.1) is 0 Å². The van der Waals surface area contributed by atoms with Gasteiger partial charge in [-0.2, -0.15) is 0 Å². The van der Waals surface area contributed by atoms with E-state index in [1.54, 1.807) is 0 Å². The van der Waals surface area contributed by atoms with Crippen LogP contribution < -0.4 is 0 Å². The van der Waals surface area contributed by atoms with Crippen molar-refractivity contribution in [1.82, 2.24) is 0 Å². The smallest absolute Gasteiger partial charge is 0.0594 e. The molecule has 0 aliphatic heterocycles. The third-order valence-electron chi connectivity index (χ3n) is 3.46. The summed E-state index contributed by atoms with van der Waals surface area (Å²) < 4.78 is 0. The topological polar surface area (TPSA) is 20.2 Å². The van der Waals surface area contributed by atoms with Gasteiger partial charge >= 0.3 is 0 Å². The molecule has 0 saturated heterocycles. The molecule has 1 aliphatic carbocycles. The highest BCUT2D eigenvalue weighted by Crippen LogP contribution is 2.38. The fraction of sp³-hybridized carbons (Fsp3) is 0.833. The van der Waals surface area contributed by atoms with Crippen molar-refractivity contribution >= 4 is 0 Å². The zero-order valence-corrected chi connectivity index (χ0v) is 9.09. The number of allylic oxidation sites excluding steroid dienone is 2. The summed E-state index contributed by atoms with van der Waals surface area (Å²) in [6.07, 6.45) is 8.98. The molecule has 1 heteroatoms. The van der Waals surface area contributed by atoms with Crippen LogP contribution in [0.15, 0.2) is 12.2 Å². The number of hydrogen-bond acceptors (Lipinski definition) is 1. The van der Waals surface area contributed by atoms with Crippen LogP contribution in [0, 0.1) is 11.3 Å². The summed E-state index contributed by atoms with van der Waals surface area (Å²) >= 11 is 0. The fourth-order valence-electron chi connectivity index (χ4n) is 2.21. The minimum Gasteiger partial charge on any atom is -0.393 e. The minimum absolute atomic E-state index is 0.0473. The van der Waals surface area contributed by atoms with Crippen LogP contribution in [-0.2, 0) is 0 Å². The van der Waals surface area contributed by atoms with Crippen LogP contribution in [-0.4, -0.2) is 11.2 Å². The second kappa shape index (κ2) is 4.28. The van der Waals surface area contributed by atoms with E-state index in [0.29, 0.717) is 5.92 Å². The van der Waals surface area contributed by atoms with Gasteiger partial charge in [-0.1, -0.05) is 32.9 Å². The van der Waals surface area contributed by atoms with Crippen molar-refractivity contribution < 1.29 is 5.11 Å². The van der Waals surface area contributed by atoms with E-state index in [4.69, 9.17) is 0 Å². The highest BCUT2D eigenvalue weighted by atomic mass is 16.3. The lowest BCUT2D eigenvalue weighted by molar-refractivity contribution is 0.0140. The molecule has 13 heavy (non-hydrogen) atoms. The standard InChI is InChI=1S/C12H22O/c1-4-11(13)12(2,3)10-8-6-5-7-9-10/h6,8,10-11,13H,4-5,7,9H2,1-3H3/t10?,11-/m1/s1. The molecule has 0 fully saturated rings. The average Bonchev–Trinajstić information content (AvgIpc) is 2.18. The summed E-state index contributed by atoms with van der Waals surface area (Å²) in [6, 6.07) is 0. The first kappa shape index (κ1) is 10.8. The molecular weight excluding hydrogens is 160 g/mol. The van der Waals surface area contributed by atoms with Crippen LogP contribution in [0.3, 0.4) is 0 Å². The monoisotopic (exact) mass is 182 g/mol. The van der Waals surface area contributed by atoms with Crippen LogP contribution in [0.5, 0.6) is 0 Å². The minimum atomic E-state index is -0.166. The summed E-state index contributed by atoms with van der Waals surface area (Å²) in [5.74, 6) is 0.566. The molecule has 0 aromatic heterocycles. The Kier molecular flexibility index (Phi) is 3.55. The van der Waals surface area contributed by atoms with Gasteiger partial charge in [0.15, 0.2) is 0 Å². The second-order valence-electron chi connectivity index (χ2n) is 4.71. The maximum atomic E-state index is 9.90. The van der Waals surface area contributed by atoms with Gasteiger partial charge in [-0.05, 0) is 37.0 Å². The number of aliphatic hydroxyl groups is 1. The zero-order valence-electron chi connectivity index (χ0n) is 9.09. The van der Waals surface area contributed by atoms with Crippen molar-refractivity contribution in [3.63, 3.8) is 0 Å². The number of rotatable bonds is 3. The number of hydrogen-bond donors (Lipinski definition) is 1. The molecule has 0 spiro atoms. The molecular formula is C12H22O. The Balaban J connectivity index is 2.66. The molecule has 1 unspecified atom stereocenters. The van der Waals surface area contributed by atoms with Gasteiger partial charge in [0.05, 0.1) is 6.10 Å². The van der Waals surface area contributed by atoms with Gasteiger partial charge in [-0.25, -0.2) is 0 Å². The van der Waals surface area contributed by atoms with Crippen LogP contribution in [0.25, 0.3) is 0 Å². The Hall–Kier alpha value is -0.300. The predicted octanol–water partition coefficient (Wildman–Crippen LogP) is 3.14. The Morgan fingerprint density at radius 3 is 2.69 bits per heavy atom. The maximum absolute atomic E-state index is 9.90. The van der Waals surface area contributed by atoms with Gasteiger partial charge in [0, 0.05) is 0 Å². The van der Waals surface area contributed by atoms with Crippen molar-refractivity contribution in [3.05, 3.63) is 12.2 Å². The summed E-state index contributed by atoms with van der Waals surface area (Å²) in [5, 5.41) is 9.90. The van der Waals surface area contributed by atoms with Crippen LogP contribution in [0.1, 0.15) is 46.5 Å². The van der Waals surface area contributed by atoms with E-state index in [1.807, 2.05) is 0 Å². The normalized spacial score (nSPS) is 26.0. The molecule has 0 heterocycles. The SMILES string of the molecule is CC[C@@H](O)C(C)(C)C1C=CCCC1. The predicted molar refractivity (Wildman–Crippen MR) is 56.6 cm³/mol. The van der Waals surface area contributed by atoms with E-state index in [-0.39, 0.29) is 11.5 Å². The van der Waals surface area contributed by atoms with Gasteiger partial charge < -0.3 is 5.11 Å². The molecule has 2 atom stereocenters. The molecule has 0 amide bonds. The molecule has 1 aliphatic rings. The molecule has 0 bridgehead atoms. The lowest BCUT2D eigenvalue weighted by Gasteiger charge is -2.38. The Labute approximate surface area is 81.9 Å². The van der Waals surface area contributed by atoms with Crippen molar-refractivity contribution in [2.24, 2.45) is 11.3 Å². The van der Waals surface area contributed by atoms with E-state index in [1.165, 1.54) is 19.3 Å². The largest absolute Gasteiger partial charge is 0.393 e. The van der Waals surface area contributed by atoms with Crippen LogP contribution in [0.2, 0.25) is 0 Å². The van der Waals surface area contributed by atoms with Crippen molar-refractivity contribution in [3.8, 4) is 0 Å². The summed E-state index contributed by atoms with van der Waals surface area (Å²) in [4.78, 5) is 0. The van der Waals surface area contributed by atoms with E-state index in [2.05, 4.69) is 32.9 Å². The maximum Gasteiger partial charge on any atom is 0.0594 e. The third kappa shape index (κ3) is 2.34. The van der Waals surface area contributed by atoms with Crippen LogP contribution in [0.4, 0.5) is 0 Å². The first-order valence-corrected chi connectivity index (χ1v) is 5.43. The van der Waals surface area contributed by atoms with Gasteiger partial charge in [0.2, 0.25) is 0 Å². The van der Waals surface area contributed by atoms with Gasteiger partial charge in [-0.3, -0.25) is 0 Å². The Bertz CT molecular complexity index is 182. The van der Waals surface area contributed by atoms with Crippen molar-refractivity contribution in [1.29, 1.82) is 0 Å². The molecule has 0 aromatic carbocycles. The average molecular weight is 182 g/mol. The first-order valence-electron chi connectivity index (χ1n) is 5.43. The summed E-state index contributed by atoms with van der Waals surface area (Å²) in [7, 11) is 0. The molecule has 0 radical (unpaired) electrons. The van der Waals surface area contributed by atoms with Gasteiger partial charge in [0.1, 0.15) is 0 Å². The molecule has 1 N–H and O–H groups in total. The first-order chi connectivity index (χ1) is 6.09. The van der Waals surface area contributed by atoms with Gasteiger partial charge in [0.25, 0.3) is 0 Å². The van der Waals surface area contributed by atoms with Crippen molar-refractivity contribution in [2.75, 3.05) is 0 Å². The summed E-state index contributed by atoms with van der Waals surface area (Å²) in [6.45, 7) is 6.42. The molecule has 76 valence electrons. The number of aliphatic hydroxyl groups excluding tert-OH is 1. The van der Waals surface area contributed by atoms with E-state index < -0.39 is 0 Å². The highest BCUT2D eigenvalue weighted by molar-refractivity contribution is 5.00. The Morgan fingerprint density at radius 2 is 2.23 bits per heavy atom.